The van der Waals surface area contributed by atoms with E-state index in [-0.39, 0.29) is 18.5 Å². The second-order valence-electron chi connectivity index (χ2n) is 5.11. The molecule has 1 heterocycles. The molecule has 0 saturated carbocycles. The highest BCUT2D eigenvalue weighted by atomic mass is 16.6. The van der Waals surface area contributed by atoms with Crippen molar-refractivity contribution in [3.05, 3.63) is 11.5 Å². The van der Waals surface area contributed by atoms with E-state index in [1.54, 1.807) is 0 Å². The number of esters is 1. The van der Waals surface area contributed by atoms with Crippen molar-refractivity contribution >= 4 is 5.97 Å². The number of cyclic esters (lactones) is 1. The van der Waals surface area contributed by atoms with Gasteiger partial charge in [-0.15, -0.1) is 0 Å². The Kier molecular flexibility index (Phi) is 8.93. The van der Waals surface area contributed by atoms with Gasteiger partial charge < -0.3 is 34.3 Å². The summed E-state index contributed by atoms with van der Waals surface area (Å²) in [5.74, 6) is -1.89. The standard InChI is InChI=1S/C15H26O8/c1-3-5-6-21-10(8-20-4-2)9-22-14-12(18)15(19)23-13(14)11(17)7-16/h10-11,13,16-18H,3-9H2,1-2H3/t10?,11-,13+/m0/s1. The monoisotopic (exact) mass is 334 g/mol. The molecule has 0 aromatic rings. The molecule has 1 aliphatic heterocycles. The Hall–Kier alpha value is -1.35. The van der Waals surface area contributed by atoms with E-state index < -0.39 is 30.5 Å². The van der Waals surface area contributed by atoms with Gasteiger partial charge in [-0.1, -0.05) is 13.3 Å². The maximum atomic E-state index is 11.4. The van der Waals surface area contributed by atoms with Crippen LogP contribution in [-0.2, 0) is 23.7 Å². The third kappa shape index (κ3) is 5.98. The molecule has 1 rings (SSSR count). The van der Waals surface area contributed by atoms with Gasteiger partial charge >= 0.3 is 5.97 Å². The lowest BCUT2D eigenvalue weighted by Crippen LogP contribution is -2.34. The molecular formula is C15H26O8. The van der Waals surface area contributed by atoms with E-state index in [9.17, 15) is 15.0 Å². The molecule has 0 saturated heterocycles. The van der Waals surface area contributed by atoms with Crippen molar-refractivity contribution in [2.24, 2.45) is 0 Å². The maximum Gasteiger partial charge on any atom is 0.378 e. The predicted molar refractivity (Wildman–Crippen MR) is 79.7 cm³/mol. The van der Waals surface area contributed by atoms with E-state index in [0.717, 1.165) is 12.8 Å². The summed E-state index contributed by atoms with van der Waals surface area (Å²) in [5.41, 5.74) is 0. The largest absolute Gasteiger partial charge is 0.499 e. The Morgan fingerprint density at radius 1 is 1.30 bits per heavy atom. The lowest BCUT2D eigenvalue weighted by molar-refractivity contribution is -0.148. The molecule has 0 bridgehead atoms. The summed E-state index contributed by atoms with van der Waals surface area (Å²) in [6.45, 7) is 4.66. The number of rotatable bonds is 12. The van der Waals surface area contributed by atoms with Gasteiger partial charge in [-0.3, -0.25) is 0 Å². The van der Waals surface area contributed by atoms with Gasteiger partial charge in [-0.05, 0) is 13.3 Å². The molecule has 0 aliphatic carbocycles. The van der Waals surface area contributed by atoms with E-state index in [1.165, 1.54) is 0 Å². The fourth-order valence-corrected chi connectivity index (χ4v) is 1.93. The van der Waals surface area contributed by atoms with E-state index in [4.69, 9.17) is 24.1 Å². The van der Waals surface area contributed by atoms with Gasteiger partial charge in [0.05, 0.1) is 13.2 Å². The molecular weight excluding hydrogens is 308 g/mol. The van der Waals surface area contributed by atoms with Crippen LogP contribution < -0.4 is 0 Å². The molecule has 1 aliphatic rings. The SMILES string of the molecule is CCCCOC(COCC)COC1=C(O)C(=O)O[C@@H]1[C@@H](O)CO. The molecule has 0 radical (unpaired) electrons. The first-order chi connectivity index (χ1) is 11.0. The highest BCUT2D eigenvalue weighted by Crippen LogP contribution is 2.25. The van der Waals surface area contributed by atoms with Crippen LogP contribution in [0.3, 0.4) is 0 Å². The molecule has 0 amide bonds. The quantitative estimate of drug-likeness (QED) is 0.344. The second-order valence-corrected chi connectivity index (χ2v) is 5.11. The zero-order valence-corrected chi connectivity index (χ0v) is 13.6. The van der Waals surface area contributed by atoms with Crippen LogP contribution in [0.25, 0.3) is 0 Å². The van der Waals surface area contributed by atoms with Gasteiger partial charge in [0.25, 0.3) is 0 Å². The number of hydrogen-bond donors (Lipinski definition) is 3. The minimum Gasteiger partial charge on any atom is -0.499 e. The van der Waals surface area contributed by atoms with E-state index in [1.807, 2.05) is 13.8 Å². The zero-order valence-electron chi connectivity index (χ0n) is 13.6. The molecule has 0 spiro atoms. The highest BCUT2D eigenvalue weighted by Gasteiger charge is 2.40. The van der Waals surface area contributed by atoms with Gasteiger partial charge in [0.2, 0.25) is 5.76 Å². The topological polar surface area (TPSA) is 115 Å². The van der Waals surface area contributed by atoms with E-state index >= 15 is 0 Å². The first kappa shape index (κ1) is 19.7. The molecule has 23 heavy (non-hydrogen) atoms. The van der Waals surface area contributed by atoms with E-state index in [0.29, 0.717) is 19.8 Å². The van der Waals surface area contributed by atoms with Crippen LogP contribution in [0.5, 0.6) is 0 Å². The molecule has 0 aromatic carbocycles. The molecule has 134 valence electrons. The normalized spacial score (nSPS) is 20.5. The molecule has 0 fully saturated rings. The Balaban J connectivity index is 2.63. The average molecular weight is 334 g/mol. The summed E-state index contributed by atoms with van der Waals surface area (Å²) in [5, 5.41) is 28.3. The maximum absolute atomic E-state index is 11.4. The Bertz CT molecular complexity index is 395. The summed E-state index contributed by atoms with van der Waals surface area (Å²) in [6, 6.07) is 0. The van der Waals surface area contributed by atoms with Crippen LogP contribution in [0.4, 0.5) is 0 Å². The van der Waals surface area contributed by atoms with Crippen LogP contribution >= 0.6 is 0 Å². The molecule has 8 nitrogen and oxygen atoms in total. The molecule has 8 heteroatoms. The Morgan fingerprint density at radius 3 is 2.65 bits per heavy atom. The second kappa shape index (κ2) is 10.4. The van der Waals surface area contributed by atoms with Crippen LogP contribution in [0.2, 0.25) is 0 Å². The first-order valence-electron chi connectivity index (χ1n) is 7.80. The van der Waals surface area contributed by atoms with E-state index in [2.05, 4.69) is 0 Å². The number of aliphatic hydroxyl groups is 3. The van der Waals surface area contributed by atoms with Gasteiger partial charge in [0.1, 0.15) is 18.8 Å². The number of carbonyl (C=O) groups excluding carboxylic acids is 1. The summed E-state index contributed by atoms with van der Waals surface area (Å²) in [4.78, 5) is 11.4. The lowest BCUT2D eigenvalue weighted by atomic mass is 10.2. The van der Waals surface area contributed by atoms with Crippen LogP contribution in [0, 0.1) is 0 Å². The number of aliphatic hydroxyl groups excluding tert-OH is 3. The fraction of sp³-hybridized carbons (Fsp3) is 0.800. The number of hydrogen-bond acceptors (Lipinski definition) is 8. The van der Waals surface area contributed by atoms with Crippen LogP contribution in [-0.4, -0.2) is 72.6 Å². The summed E-state index contributed by atoms with van der Waals surface area (Å²) in [6.07, 6.45) is -1.10. The molecule has 3 atom stereocenters. The number of unbranched alkanes of at least 4 members (excludes halogenated alkanes) is 1. The molecule has 0 aromatic heterocycles. The van der Waals surface area contributed by atoms with Crippen LogP contribution in [0.1, 0.15) is 26.7 Å². The van der Waals surface area contributed by atoms with Crippen molar-refractivity contribution in [2.75, 3.05) is 33.0 Å². The fourth-order valence-electron chi connectivity index (χ4n) is 1.93. The Morgan fingerprint density at radius 2 is 2.04 bits per heavy atom. The summed E-state index contributed by atoms with van der Waals surface area (Å²) >= 11 is 0. The van der Waals surface area contributed by atoms with Crippen LogP contribution in [0.15, 0.2) is 11.5 Å². The summed E-state index contributed by atoms with van der Waals surface area (Å²) < 4.78 is 21.2. The first-order valence-corrected chi connectivity index (χ1v) is 7.80. The highest BCUT2D eigenvalue weighted by molar-refractivity contribution is 5.89. The number of carbonyl (C=O) groups is 1. The minimum absolute atomic E-state index is 0.0222. The van der Waals surface area contributed by atoms with Crippen molar-refractivity contribution in [3.63, 3.8) is 0 Å². The van der Waals surface area contributed by atoms with Crippen molar-refractivity contribution in [1.82, 2.24) is 0 Å². The predicted octanol–water partition coefficient (Wildman–Crippen LogP) is 0.273. The smallest absolute Gasteiger partial charge is 0.378 e. The zero-order chi connectivity index (χ0) is 17.2. The van der Waals surface area contributed by atoms with Crippen molar-refractivity contribution in [2.45, 2.75) is 45.0 Å². The summed E-state index contributed by atoms with van der Waals surface area (Å²) in [7, 11) is 0. The third-order valence-electron chi connectivity index (χ3n) is 3.24. The molecule has 3 N–H and O–H groups in total. The number of ether oxygens (including phenoxy) is 4. The van der Waals surface area contributed by atoms with Gasteiger partial charge in [-0.25, -0.2) is 4.79 Å². The minimum atomic E-state index is -1.37. The van der Waals surface area contributed by atoms with Gasteiger partial charge in [0, 0.05) is 13.2 Å². The average Bonchev–Trinajstić information content (AvgIpc) is 2.84. The van der Waals surface area contributed by atoms with Crippen molar-refractivity contribution in [3.8, 4) is 0 Å². The van der Waals surface area contributed by atoms with Gasteiger partial charge in [-0.2, -0.15) is 0 Å². The van der Waals surface area contributed by atoms with Crippen molar-refractivity contribution in [1.29, 1.82) is 0 Å². The Labute approximate surface area is 135 Å². The lowest BCUT2D eigenvalue weighted by Gasteiger charge is -2.22. The molecule has 1 unspecified atom stereocenters. The van der Waals surface area contributed by atoms with Crippen molar-refractivity contribution < 1.29 is 39.1 Å². The third-order valence-corrected chi connectivity index (χ3v) is 3.24. The van der Waals surface area contributed by atoms with Gasteiger partial charge in [0.15, 0.2) is 11.9 Å².